The van der Waals surface area contributed by atoms with Crippen molar-refractivity contribution in [2.24, 2.45) is 0 Å². The summed E-state index contributed by atoms with van der Waals surface area (Å²) in [4.78, 5) is 19.6. The van der Waals surface area contributed by atoms with Gasteiger partial charge in [0.1, 0.15) is 11.2 Å². The van der Waals surface area contributed by atoms with E-state index in [1.54, 1.807) is 23.0 Å². The van der Waals surface area contributed by atoms with Crippen LogP contribution in [0.5, 0.6) is 0 Å². The van der Waals surface area contributed by atoms with Gasteiger partial charge < -0.3 is 5.32 Å². The lowest BCUT2D eigenvalue weighted by molar-refractivity contribution is 0.366. The van der Waals surface area contributed by atoms with Crippen molar-refractivity contribution in [3.05, 3.63) is 52.2 Å². The number of nitrogens with one attached hydrogen (secondary N) is 2. The van der Waals surface area contributed by atoms with Crippen LogP contribution in [0.4, 0.5) is 10.3 Å². The fourth-order valence-electron chi connectivity index (χ4n) is 3.09. The molecule has 0 unspecified atom stereocenters. The van der Waals surface area contributed by atoms with Crippen molar-refractivity contribution in [2.45, 2.75) is 44.7 Å². The van der Waals surface area contributed by atoms with Crippen LogP contribution >= 0.6 is 0 Å². The summed E-state index contributed by atoms with van der Waals surface area (Å²) in [5.74, 6) is 0.507. The van der Waals surface area contributed by atoms with Gasteiger partial charge in [0.05, 0.1) is 11.7 Å². The van der Waals surface area contributed by atoms with E-state index in [2.05, 4.69) is 20.4 Å². The lowest BCUT2D eigenvalue weighted by atomic mass is 10.1. The second-order valence-electron chi connectivity index (χ2n) is 7.52. The molecule has 2 atom stereocenters. The van der Waals surface area contributed by atoms with Crippen LogP contribution in [-0.2, 0) is 5.54 Å². The van der Waals surface area contributed by atoms with E-state index in [1.807, 2.05) is 20.8 Å². The molecule has 130 valence electrons. The van der Waals surface area contributed by atoms with Gasteiger partial charge in [-0.1, -0.05) is 12.1 Å². The lowest BCUT2D eigenvalue weighted by Crippen LogP contribution is -2.24. The molecule has 1 aliphatic rings. The highest BCUT2D eigenvalue weighted by atomic mass is 19.1. The van der Waals surface area contributed by atoms with Crippen molar-refractivity contribution in [2.75, 3.05) is 5.32 Å². The van der Waals surface area contributed by atoms with E-state index in [4.69, 9.17) is 0 Å². The smallest absolute Gasteiger partial charge is 0.263 e. The van der Waals surface area contributed by atoms with Crippen LogP contribution in [-0.4, -0.2) is 25.8 Å². The van der Waals surface area contributed by atoms with Gasteiger partial charge in [-0.2, -0.15) is 10.1 Å². The summed E-state index contributed by atoms with van der Waals surface area (Å²) in [5, 5.41) is 8.06. The third kappa shape index (κ3) is 2.90. The van der Waals surface area contributed by atoms with Gasteiger partial charge in [-0.05, 0) is 44.9 Å². The van der Waals surface area contributed by atoms with Crippen LogP contribution in [0.15, 0.2) is 35.3 Å². The van der Waals surface area contributed by atoms with Gasteiger partial charge in [0.2, 0.25) is 5.95 Å². The van der Waals surface area contributed by atoms with Gasteiger partial charge in [-0.15, -0.1) is 0 Å². The van der Waals surface area contributed by atoms with Gasteiger partial charge >= 0.3 is 0 Å². The Kier molecular flexibility index (Phi) is 3.42. The average molecular weight is 341 g/mol. The quantitative estimate of drug-likeness (QED) is 0.768. The molecule has 6 nitrogen and oxygen atoms in total. The van der Waals surface area contributed by atoms with Gasteiger partial charge in [-0.25, -0.2) is 9.07 Å². The van der Waals surface area contributed by atoms with Crippen molar-refractivity contribution < 1.29 is 4.39 Å². The van der Waals surface area contributed by atoms with Crippen LogP contribution in [0.3, 0.4) is 0 Å². The van der Waals surface area contributed by atoms with E-state index < -0.39 is 0 Å². The molecule has 0 bridgehead atoms. The zero-order chi connectivity index (χ0) is 17.8. The number of halogens is 1. The molecule has 1 aromatic carbocycles. The molecule has 2 aromatic heterocycles. The summed E-state index contributed by atoms with van der Waals surface area (Å²) in [7, 11) is 0. The molecule has 0 radical (unpaired) electrons. The summed E-state index contributed by atoms with van der Waals surface area (Å²) in [5.41, 5.74) is 1.18. The summed E-state index contributed by atoms with van der Waals surface area (Å²) >= 11 is 0. The van der Waals surface area contributed by atoms with Crippen LogP contribution in [0.25, 0.3) is 11.0 Å². The zero-order valence-corrected chi connectivity index (χ0v) is 14.4. The SMILES string of the molecule is CC(C)(C)n1ncc2c(=O)[nH]c(N[C@@H]3C[C@H]3c3ccc(F)cc3)nc21. The largest absolute Gasteiger partial charge is 0.352 e. The fourth-order valence-corrected chi connectivity index (χ4v) is 3.09. The van der Waals surface area contributed by atoms with E-state index in [-0.39, 0.29) is 23.0 Å². The first kappa shape index (κ1) is 15.8. The molecule has 0 aliphatic heterocycles. The number of anilines is 1. The standard InChI is InChI=1S/C18H20FN5O/c1-18(2,3)24-15-13(9-20-24)16(25)23-17(22-15)21-14-8-12(14)10-4-6-11(19)7-5-10/h4-7,9,12,14H,8H2,1-3H3,(H2,21,22,23,25)/t12-,14+/m0/s1. The molecule has 0 spiro atoms. The summed E-state index contributed by atoms with van der Waals surface area (Å²) in [6.45, 7) is 6.04. The summed E-state index contributed by atoms with van der Waals surface area (Å²) < 4.78 is 14.8. The average Bonchev–Trinajstić information content (AvgIpc) is 3.13. The lowest BCUT2D eigenvalue weighted by Gasteiger charge is -2.19. The minimum absolute atomic E-state index is 0.178. The number of nitrogens with zero attached hydrogens (tertiary/aromatic N) is 3. The molecule has 25 heavy (non-hydrogen) atoms. The predicted molar refractivity (Wildman–Crippen MR) is 94.3 cm³/mol. The Labute approximate surface area is 144 Å². The number of aromatic amines is 1. The number of hydrogen-bond acceptors (Lipinski definition) is 4. The molecule has 0 saturated heterocycles. The van der Waals surface area contributed by atoms with Crippen LogP contribution in [0.1, 0.15) is 38.7 Å². The Morgan fingerprint density at radius 2 is 2.00 bits per heavy atom. The molecule has 7 heteroatoms. The maximum Gasteiger partial charge on any atom is 0.263 e. The number of benzene rings is 1. The highest BCUT2D eigenvalue weighted by Crippen LogP contribution is 2.42. The van der Waals surface area contributed by atoms with Crippen molar-refractivity contribution in [1.82, 2.24) is 19.7 Å². The van der Waals surface area contributed by atoms with E-state index >= 15 is 0 Å². The molecule has 2 N–H and O–H groups in total. The molecular formula is C18H20FN5O. The number of hydrogen-bond donors (Lipinski definition) is 2. The van der Waals surface area contributed by atoms with Crippen molar-refractivity contribution in [3.8, 4) is 0 Å². The molecule has 4 rings (SSSR count). The van der Waals surface area contributed by atoms with Gasteiger partial charge in [0.15, 0.2) is 5.65 Å². The third-order valence-corrected chi connectivity index (χ3v) is 4.48. The van der Waals surface area contributed by atoms with Gasteiger partial charge in [0, 0.05) is 12.0 Å². The van der Waals surface area contributed by atoms with E-state index in [1.165, 1.54) is 12.1 Å². The topological polar surface area (TPSA) is 75.6 Å². The van der Waals surface area contributed by atoms with Crippen LogP contribution in [0, 0.1) is 5.82 Å². The Balaban J connectivity index is 1.60. The minimum atomic E-state index is -0.268. The van der Waals surface area contributed by atoms with Crippen LogP contribution < -0.4 is 10.9 Å². The molecular weight excluding hydrogens is 321 g/mol. The highest BCUT2D eigenvalue weighted by molar-refractivity contribution is 5.74. The fraction of sp³-hybridized carbons (Fsp3) is 0.389. The van der Waals surface area contributed by atoms with Gasteiger partial charge in [0.25, 0.3) is 5.56 Å². The monoisotopic (exact) mass is 341 g/mol. The van der Waals surface area contributed by atoms with Crippen molar-refractivity contribution >= 4 is 17.0 Å². The second-order valence-corrected chi connectivity index (χ2v) is 7.52. The molecule has 1 aliphatic carbocycles. The van der Waals surface area contributed by atoms with E-state index in [0.717, 1.165) is 12.0 Å². The predicted octanol–water partition coefficient (Wildman–Crippen LogP) is 2.98. The van der Waals surface area contributed by atoms with Crippen LogP contribution in [0.2, 0.25) is 0 Å². The number of fused-ring (bicyclic) bond motifs is 1. The number of H-pyrrole nitrogens is 1. The zero-order valence-electron chi connectivity index (χ0n) is 14.4. The Morgan fingerprint density at radius 1 is 1.28 bits per heavy atom. The maximum atomic E-state index is 13.0. The normalized spacial score (nSPS) is 20.0. The Hall–Kier alpha value is -2.70. The number of aromatic nitrogens is 4. The van der Waals surface area contributed by atoms with E-state index in [9.17, 15) is 9.18 Å². The minimum Gasteiger partial charge on any atom is -0.352 e. The third-order valence-electron chi connectivity index (χ3n) is 4.48. The molecule has 1 fully saturated rings. The second kappa shape index (κ2) is 5.40. The first-order valence-corrected chi connectivity index (χ1v) is 8.33. The molecule has 3 aromatic rings. The first-order chi connectivity index (χ1) is 11.8. The number of rotatable bonds is 3. The Morgan fingerprint density at radius 3 is 2.68 bits per heavy atom. The van der Waals surface area contributed by atoms with Crippen molar-refractivity contribution in [3.63, 3.8) is 0 Å². The maximum absolute atomic E-state index is 13.0. The summed E-state index contributed by atoms with van der Waals surface area (Å²) in [6.07, 6.45) is 2.47. The van der Waals surface area contributed by atoms with Crippen molar-refractivity contribution in [1.29, 1.82) is 0 Å². The highest BCUT2D eigenvalue weighted by Gasteiger charge is 2.39. The molecule has 0 amide bonds. The first-order valence-electron chi connectivity index (χ1n) is 8.33. The van der Waals surface area contributed by atoms with Gasteiger partial charge in [-0.3, -0.25) is 9.78 Å². The molecule has 1 saturated carbocycles. The molecule has 2 heterocycles. The summed E-state index contributed by atoms with van der Waals surface area (Å²) in [6, 6.07) is 6.72. The van der Waals surface area contributed by atoms with E-state index in [0.29, 0.717) is 22.9 Å². The Bertz CT molecular complexity index is 983.